The minimum atomic E-state index is -0.167. The van der Waals surface area contributed by atoms with Crippen molar-refractivity contribution in [2.75, 3.05) is 14.2 Å². The topological polar surface area (TPSA) is 52.6 Å². The molecule has 0 amide bonds. The molecule has 0 spiro atoms. The highest BCUT2D eigenvalue weighted by atomic mass is 16.5. The number of carbonyl (C=O) groups is 2. The second-order valence-corrected chi connectivity index (χ2v) is 4.64. The number of ketones is 1. The van der Waals surface area contributed by atoms with Crippen LogP contribution in [0.4, 0.5) is 0 Å². The van der Waals surface area contributed by atoms with Gasteiger partial charge in [0.05, 0.1) is 14.2 Å². The van der Waals surface area contributed by atoms with Gasteiger partial charge >= 0.3 is 5.97 Å². The van der Waals surface area contributed by atoms with E-state index in [9.17, 15) is 9.59 Å². The fourth-order valence-corrected chi connectivity index (χ4v) is 1.93. The van der Waals surface area contributed by atoms with Crippen molar-refractivity contribution in [1.82, 2.24) is 0 Å². The average molecular weight is 278 g/mol. The Morgan fingerprint density at radius 1 is 0.900 bits per heavy atom. The number of ether oxygens (including phenoxy) is 2. The number of benzene rings is 1. The molecule has 1 aromatic rings. The molecule has 0 N–H and O–H groups in total. The lowest BCUT2D eigenvalue weighted by Crippen LogP contribution is -2.00. The molecule has 0 fully saturated rings. The molecule has 1 aromatic carbocycles. The lowest BCUT2D eigenvalue weighted by molar-refractivity contribution is -0.140. The molecule has 0 aromatic heterocycles. The predicted molar refractivity (Wildman–Crippen MR) is 77.0 cm³/mol. The van der Waals surface area contributed by atoms with E-state index in [-0.39, 0.29) is 11.8 Å². The van der Waals surface area contributed by atoms with E-state index in [1.807, 2.05) is 0 Å². The molecule has 0 aliphatic heterocycles. The molecular weight excluding hydrogens is 256 g/mol. The van der Waals surface area contributed by atoms with Gasteiger partial charge in [0.1, 0.15) is 5.75 Å². The third kappa shape index (κ3) is 5.87. The predicted octanol–water partition coefficient (Wildman–Crippen LogP) is 3.39. The Hall–Kier alpha value is -1.84. The van der Waals surface area contributed by atoms with Gasteiger partial charge in [0.15, 0.2) is 5.78 Å². The van der Waals surface area contributed by atoms with Gasteiger partial charge in [-0.2, -0.15) is 0 Å². The lowest BCUT2D eigenvalue weighted by atomic mass is 10.0. The third-order valence-electron chi connectivity index (χ3n) is 3.17. The van der Waals surface area contributed by atoms with Crippen LogP contribution in [0.5, 0.6) is 5.75 Å². The summed E-state index contributed by atoms with van der Waals surface area (Å²) >= 11 is 0. The maximum Gasteiger partial charge on any atom is 0.305 e. The Balaban J connectivity index is 2.18. The highest BCUT2D eigenvalue weighted by Gasteiger charge is 2.06. The zero-order chi connectivity index (χ0) is 14.8. The summed E-state index contributed by atoms with van der Waals surface area (Å²) in [6.45, 7) is 0. The first-order valence-electron chi connectivity index (χ1n) is 6.91. The molecule has 0 aliphatic rings. The van der Waals surface area contributed by atoms with Crippen molar-refractivity contribution >= 4 is 11.8 Å². The molecule has 110 valence electrons. The zero-order valence-corrected chi connectivity index (χ0v) is 12.2. The molecule has 4 nitrogen and oxygen atoms in total. The number of esters is 1. The number of carbonyl (C=O) groups excluding carboxylic acids is 2. The van der Waals surface area contributed by atoms with Gasteiger partial charge in [0.2, 0.25) is 0 Å². The zero-order valence-electron chi connectivity index (χ0n) is 12.2. The minimum absolute atomic E-state index is 0.153. The summed E-state index contributed by atoms with van der Waals surface area (Å²) in [6, 6.07) is 7.17. The van der Waals surface area contributed by atoms with Crippen LogP contribution in [0, 0.1) is 0 Å². The van der Waals surface area contributed by atoms with E-state index in [1.54, 1.807) is 31.4 Å². The van der Waals surface area contributed by atoms with Crippen LogP contribution in [0.15, 0.2) is 24.3 Å². The Morgan fingerprint density at radius 2 is 1.50 bits per heavy atom. The Labute approximate surface area is 120 Å². The third-order valence-corrected chi connectivity index (χ3v) is 3.17. The fraction of sp³-hybridized carbons (Fsp3) is 0.500. The lowest BCUT2D eigenvalue weighted by Gasteiger charge is -2.03. The van der Waals surface area contributed by atoms with E-state index in [4.69, 9.17) is 4.74 Å². The Kier molecular flexibility index (Phi) is 7.40. The van der Waals surface area contributed by atoms with E-state index in [1.165, 1.54) is 7.11 Å². The van der Waals surface area contributed by atoms with Crippen molar-refractivity contribution in [2.24, 2.45) is 0 Å². The standard InChI is InChI=1S/C16H22O4/c1-19-14-11-9-13(10-12-14)15(17)7-5-3-4-6-8-16(18)20-2/h9-12H,3-8H2,1-2H3. The summed E-state index contributed by atoms with van der Waals surface area (Å²) in [6.07, 6.45) is 4.59. The van der Waals surface area contributed by atoms with Crippen molar-refractivity contribution in [2.45, 2.75) is 38.5 Å². The maximum absolute atomic E-state index is 11.9. The highest BCUT2D eigenvalue weighted by molar-refractivity contribution is 5.96. The van der Waals surface area contributed by atoms with Gasteiger partial charge in [-0.1, -0.05) is 12.8 Å². The van der Waals surface area contributed by atoms with E-state index < -0.39 is 0 Å². The molecule has 20 heavy (non-hydrogen) atoms. The number of hydrogen-bond acceptors (Lipinski definition) is 4. The SMILES string of the molecule is COC(=O)CCCCCCC(=O)c1ccc(OC)cc1. The second-order valence-electron chi connectivity index (χ2n) is 4.64. The molecule has 0 saturated carbocycles. The number of Topliss-reactive ketones (excluding diaryl/α,β-unsaturated/α-hetero) is 1. The summed E-state index contributed by atoms with van der Waals surface area (Å²) in [5.74, 6) is 0.740. The van der Waals surface area contributed by atoms with Crippen LogP contribution in [-0.4, -0.2) is 26.0 Å². The summed E-state index contributed by atoms with van der Waals surface area (Å²) in [5, 5.41) is 0. The van der Waals surface area contributed by atoms with Gasteiger partial charge in [-0.05, 0) is 37.1 Å². The van der Waals surface area contributed by atoms with Crippen molar-refractivity contribution in [3.63, 3.8) is 0 Å². The van der Waals surface area contributed by atoms with E-state index in [2.05, 4.69) is 4.74 Å². The molecule has 0 atom stereocenters. The van der Waals surface area contributed by atoms with Crippen molar-refractivity contribution in [3.8, 4) is 5.75 Å². The van der Waals surface area contributed by atoms with Gasteiger partial charge in [-0.3, -0.25) is 9.59 Å². The summed E-state index contributed by atoms with van der Waals surface area (Å²) in [7, 11) is 3.00. The van der Waals surface area contributed by atoms with Crippen LogP contribution in [0.25, 0.3) is 0 Å². The first-order valence-corrected chi connectivity index (χ1v) is 6.91. The first kappa shape index (κ1) is 16.2. The monoisotopic (exact) mass is 278 g/mol. The maximum atomic E-state index is 11.9. The minimum Gasteiger partial charge on any atom is -0.497 e. The van der Waals surface area contributed by atoms with Gasteiger partial charge in [0.25, 0.3) is 0 Å². The van der Waals surface area contributed by atoms with Gasteiger partial charge in [-0.25, -0.2) is 0 Å². The second kappa shape index (κ2) is 9.13. The molecular formula is C16H22O4. The largest absolute Gasteiger partial charge is 0.497 e. The molecule has 0 radical (unpaired) electrons. The van der Waals surface area contributed by atoms with Crippen molar-refractivity contribution in [3.05, 3.63) is 29.8 Å². The first-order chi connectivity index (χ1) is 9.67. The highest BCUT2D eigenvalue weighted by Crippen LogP contribution is 2.14. The van der Waals surface area contributed by atoms with Crippen LogP contribution in [0.2, 0.25) is 0 Å². The van der Waals surface area contributed by atoms with E-state index in [0.29, 0.717) is 12.8 Å². The molecule has 0 unspecified atom stereocenters. The van der Waals surface area contributed by atoms with Crippen molar-refractivity contribution < 1.29 is 19.1 Å². The molecule has 0 bridgehead atoms. The van der Waals surface area contributed by atoms with Crippen LogP contribution in [0.3, 0.4) is 0 Å². The molecule has 4 heteroatoms. The normalized spacial score (nSPS) is 10.1. The Morgan fingerprint density at radius 3 is 2.05 bits per heavy atom. The summed E-state index contributed by atoms with van der Waals surface area (Å²) < 4.78 is 9.62. The van der Waals surface area contributed by atoms with Gasteiger partial charge in [0, 0.05) is 18.4 Å². The number of hydrogen-bond donors (Lipinski definition) is 0. The average Bonchev–Trinajstić information content (AvgIpc) is 2.50. The van der Waals surface area contributed by atoms with Gasteiger partial charge in [-0.15, -0.1) is 0 Å². The van der Waals surface area contributed by atoms with Crippen LogP contribution < -0.4 is 4.74 Å². The van der Waals surface area contributed by atoms with E-state index in [0.717, 1.165) is 37.0 Å². The summed E-state index contributed by atoms with van der Waals surface area (Å²) in [5.41, 5.74) is 0.723. The van der Waals surface area contributed by atoms with Crippen molar-refractivity contribution in [1.29, 1.82) is 0 Å². The summed E-state index contributed by atoms with van der Waals surface area (Å²) in [4.78, 5) is 22.8. The van der Waals surface area contributed by atoms with Crippen LogP contribution >= 0.6 is 0 Å². The molecule has 0 aliphatic carbocycles. The number of rotatable bonds is 9. The van der Waals surface area contributed by atoms with E-state index >= 15 is 0 Å². The number of methoxy groups -OCH3 is 2. The fourth-order valence-electron chi connectivity index (χ4n) is 1.93. The quantitative estimate of drug-likeness (QED) is 0.395. The van der Waals surface area contributed by atoms with Crippen LogP contribution in [0.1, 0.15) is 48.9 Å². The smallest absolute Gasteiger partial charge is 0.305 e. The van der Waals surface area contributed by atoms with Gasteiger partial charge < -0.3 is 9.47 Å². The molecule has 1 rings (SSSR count). The van der Waals surface area contributed by atoms with Crippen LogP contribution in [-0.2, 0) is 9.53 Å². The molecule has 0 heterocycles. The Bertz CT molecular complexity index is 423. The molecule has 0 saturated heterocycles. The number of unbranched alkanes of at least 4 members (excludes halogenated alkanes) is 3.